The number of nitro benzene ring substituents is 1. The molecule has 2 N–H and O–H groups in total. The lowest BCUT2D eigenvalue weighted by Gasteiger charge is -2.13. The zero-order valence-corrected chi connectivity index (χ0v) is 16.3. The Morgan fingerprint density at radius 3 is 2.56 bits per heavy atom. The predicted molar refractivity (Wildman–Crippen MR) is 109 cm³/mol. The van der Waals surface area contributed by atoms with E-state index in [0.29, 0.717) is 17.0 Å². The van der Waals surface area contributed by atoms with Crippen LogP contribution in [0.2, 0.25) is 5.02 Å². The topological polar surface area (TPSA) is 93.5 Å². The molecule has 1 amide bonds. The largest absolute Gasteiger partial charge is 0.491 e. The van der Waals surface area contributed by atoms with Crippen molar-refractivity contribution in [1.29, 1.82) is 0 Å². The second-order valence-electron chi connectivity index (χ2n) is 5.69. The van der Waals surface area contributed by atoms with Crippen LogP contribution in [0.1, 0.15) is 30.6 Å². The lowest BCUT2D eigenvalue weighted by Crippen LogP contribution is -2.34. The molecule has 0 bridgehead atoms. The van der Waals surface area contributed by atoms with Crippen LogP contribution in [0, 0.1) is 10.1 Å². The van der Waals surface area contributed by atoms with Gasteiger partial charge in [0, 0.05) is 17.3 Å². The molecular formula is C18H18ClN3O4S. The van der Waals surface area contributed by atoms with E-state index in [9.17, 15) is 14.9 Å². The van der Waals surface area contributed by atoms with Gasteiger partial charge in [0.2, 0.25) is 0 Å². The lowest BCUT2D eigenvalue weighted by molar-refractivity contribution is -0.384. The highest BCUT2D eigenvalue weighted by atomic mass is 35.5. The molecule has 0 aliphatic heterocycles. The number of nitro groups is 1. The molecule has 0 heterocycles. The number of amides is 1. The second kappa shape index (κ2) is 9.29. The van der Waals surface area contributed by atoms with Crippen molar-refractivity contribution in [1.82, 2.24) is 5.32 Å². The van der Waals surface area contributed by atoms with Gasteiger partial charge in [0.05, 0.1) is 11.0 Å². The van der Waals surface area contributed by atoms with E-state index in [-0.39, 0.29) is 21.9 Å². The third-order valence-corrected chi connectivity index (χ3v) is 4.18. The van der Waals surface area contributed by atoms with Gasteiger partial charge in [-0.05, 0) is 62.0 Å². The van der Waals surface area contributed by atoms with Crippen LogP contribution in [0.25, 0.3) is 0 Å². The summed E-state index contributed by atoms with van der Waals surface area (Å²) in [7, 11) is 0. The van der Waals surface area contributed by atoms with Crippen LogP contribution in [-0.2, 0) is 0 Å². The standard InChI is InChI=1S/C18H18ClN3O4S/c1-3-11(2)26-14-7-4-12(5-8-14)17(23)21-18(27)20-13-6-9-15(19)16(10-13)22(24)25/h4-11H,3H2,1-2H3,(H2,20,21,23,27). The number of hydrogen-bond acceptors (Lipinski definition) is 5. The third kappa shape index (κ3) is 5.90. The molecule has 142 valence electrons. The van der Waals surface area contributed by atoms with Crippen molar-refractivity contribution in [2.24, 2.45) is 0 Å². The Morgan fingerprint density at radius 1 is 1.30 bits per heavy atom. The molecule has 2 aromatic rings. The highest BCUT2D eigenvalue weighted by molar-refractivity contribution is 7.80. The Balaban J connectivity index is 1.98. The average molecular weight is 408 g/mol. The molecule has 1 atom stereocenters. The molecule has 0 saturated heterocycles. The Hall–Kier alpha value is -2.71. The van der Waals surface area contributed by atoms with Gasteiger partial charge in [0.1, 0.15) is 10.8 Å². The number of carbonyl (C=O) groups is 1. The minimum atomic E-state index is -0.599. The van der Waals surface area contributed by atoms with E-state index >= 15 is 0 Å². The molecule has 1 unspecified atom stereocenters. The zero-order valence-electron chi connectivity index (χ0n) is 14.7. The Morgan fingerprint density at radius 2 is 1.96 bits per heavy atom. The number of nitrogens with one attached hydrogen (secondary N) is 2. The molecule has 0 aliphatic carbocycles. The first-order valence-electron chi connectivity index (χ1n) is 8.13. The van der Waals surface area contributed by atoms with Crippen molar-refractivity contribution in [3.63, 3.8) is 0 Å². The number of hydrogen-bond donors (Lipinski definition) is 2. The molecule has 7 nitrogen and oxygen atoms in total. The number of ether oxygens (including phenoxy) is 1. The summed E-state index contributed by atoms with van der Waals surface area (Å²) >= 11 is 10.8. The first-order chi connectivity index (χ1) is 12.8. The first kappa shape index (κ1) is 20.6. The van der Waals surface area contributed by atoms with Crippen LogP contribution in [-0.4, -0.2) is 22.0 Å². The number of nitrogens with zero attached hydrogens (tertiary/aromatic N) is 1. The van der Waals surface area contributed by atoms with Crippen molar-refractivity contribution in [3.8, 4) is 5.75 Å². The van der Waals surface area contributed by atoms with Gasteiger partial charge >= 0.3 is 0 Å². The van der Waals surface area contributed by atoms with Crippen molar-refractivity contribution in [2.45, 2.75) is 26.4 Å². The molecule has 0 aromatic heterocycles. The summed E-state index contributed by atoms with van der Waals surface area (Å²) in [5, 5.41) is 16.2. The van der Waals surface area contributed by atoms with Crippen LogP contribution < -0.4 is 15.4 Å². The van der Waals surface area contributed by atoms with E-state index < -0.39 is 10.8 Å². The van der Waals surface area contributed by atoms with Gasteiger partial charge in [-0.15, -0.1) is 0 Å². The summed E-state index contributed by atoms with van der Waals surface area (Å²) in [5.41, 5.74) is 0.485. The van der Waals surface area contributed by atoms with E-state index in [0.717, 1.165) is 6.42 Å². The highest BCUT2D eigenvalue weighted by Gasteiger charge is 2.14. The van der Waals surface area contributed by atoms with E-state index in [2.05, 4.69) is 10.6 Å². The van der Waals surface area contributed by atoms with Gasteiger partial charge in [-0.25, -0.2) is 0 Å². The minimum absolute atomic E-state index is 0.0107. The van der Waals surface area contributed by atoms with Crippen LogP contribution in [0.15, 0.2) is 42.5 Å². The van der Waals surface area contributed by atoms with Crippen molar-refractivity contribution in [3.05, 3.63) is 63.2 Å². The molecular weight excluding hydrogens is 390 g/mol. The van der Waals surface area contributed by atoms with E-state index in [4.69, 9.17) is 28.6 Å². The molecule has 0 spiro atoms. The van der Waals surface area contributed by atoms with Crippen molar-refractivity contribution >= 4 is 46.2 Å². The number of halogens is 1. The molecule has 27 heavy (non-hydrogen) atoms. The Bertz CT molecular complexity index is 858. The van der Waals surface area contributed by atoms with Gasteiger partial charge in [0.15, 0.2) is 5.11 Å². The van der Waals surface area contributed by atoms with Gasteiger partial charge in [-0.3, -0.25) is 20.2 Å². The smallest absolute Gasteiger partial charge is 0.289 e. The molecule has 0 fully saturated rings. The minimum Gasteiger partial charge on any atom is -0.491 e. The fraction of sp³-hybridized carbons (Fsp3) is 0.222. The maximum atomic E-state index is 12.3. The maximum absolute atomic E-state index is 12.3. The summed E-state index contributed by atoms with van der Waals surface area (Å²) in [5.74, 6) is 0.265. The van der Waals surface area contributed by atoms with Gasteiger partial charge in [0.25, 0.3) is 11.6 Å². The molecule has 2 rings (SSSR count). The normalized spacial score (nSPS) is 11.4. The summed E-state index contributed by atoms with van der Waals surface area (Å²) in [6, 6.07) is 10.8. The van der Waals surface area contributed by atoms with Crippen molar-refractivity contribution < 1.29 is 14.5 Å². The van der Waals surface area contributed by atoms with Crippen LogP contribution in [0.3, 0.4) is 0 Å². The average Bonchev–Trinajstić information content (AvgIpc) is 2.63. The van der Waals surface area contributed by atoms with Gasteiger partial charge in [-0.1, -0.05) is 18.5 Å². The Kier molecular flexibility index (Phi) is 7.09. The monoisotopic (exact) mass is 407 g/mol. The summed E-state index contributed by atoms with van der Waals surface area (Å²) in [4.78, 5) is 22.6. The van der Waals surface area contributed by atoms with E-state index in [1.54, 1.807) is 24.3 Å². The van der Waals surface area contributed by atoms with E-state index in [1.807, 2.05) is 13.8 Å². The molecule has 2 aromatic carbocycles. The van der Waals surface area contributed by atoms with Gasteiger partial charge < -0.3 is 10.1 Å². The zero-order chi connectivity index (χ0) is 20.0. The molecule has 9 heteroatoms. The number of thiocarbonyl (C=S) groups is 1. The summed E-state index contributed by atoms with van der Waals surface area (Å²) in [6.07, 6.45) is 0.968. The van der Waals surface area contributed by atoms with Gasteiger partial charge in [-0.2, -0.15) is 0 Å². The van der Waals surface area contributed by atoms with E-state index in [1.165, 1.54) is 18.2 Å². The molecule has 0 radical (unpaired) electrons. The number of anilines is 1. The highest BCUT2D eigenvalue weighted by Crippen LogP contribution is 2.27. The number of rotatable bonds is 6. The number of carbonyl (C=O) groups excluding carboxylic acids is 1. The summed E-state index contributed by atoms with van der Waals surface area (Å²) in [6.45, 7) is 3.99. The fourth-order valence-corrected chi connectivity index (χ4v) is 2.47. The van der Waals surface area contributed by atoms with Crippen molar-refractivity contribution in [2.75, 3.05) is 5.32 Å². The van der Waals surface area contributed by atoms with Crippen LogP contribution in [0.5, 0.6) is 5.75 Å². The lowest BCUT2D eigenvalue weighted by atomic mass is 10.2. The third-order valence-electron chi connectivity index (χ3n) is 3.66. The molecule has 0 saturated carbocycles. The first-order valence-corrected chi connectivity index (χ1v) is 8.91. The fourth-order valence-electron chi connectivity index (χ4n) is 2.07. The Labute approximate surface area is 166 Å². The maximum Gasteiger partial charge on any atom is 0.289 e. The van der Waals surface area contributed by atoms with Crippen LogP contribution >= 0.6 is 23.8 Å². The quantitative estimate of drug-likeness (QED) is 0.414. The van der Waals surface area contributed by atoms with Crippen LogP contribution in [0.4, 0.5) is 11.4 Å². The predicted octanol–water partition coefficient (Wildman–Crippen LogP) is 4.55. The summed E-state index contributed by atoms with van der Waals surface area (Å²) < 4.78 is 5.66. The molecule has 0 aliphatic rings. The SMILES string of the molecule is CCC(C)Oc1ccc(C(=O)NC(=S)Nc2ccc(Cl)c([N+](=O)[O-])c2)cc1. The number of benzene rings is 2. The second-order valence-corrected chi connectivity index (χ2v) is 6.51.